The van der Waals surface area contributed by atoms with Crippen molar-refractivity contribution in [3.63, 3.8) is 0 Å². The van der Waals surface area contributed by atoms with Crippen LogP contribution in [0, 0.1) is 0 Å². The molecule has 0 fully saturated rings. The fourth-order valence-corrected chi connectivity index (χ4v) is 5.44. The highest BCUT2D eigenvalue weighted by Gasteiger charge is 2.28. The maximum Gasteiger partial charge on any atom is 0.336 e. The van der Waals surface area contributed by atoms with Gasteiger partial charge in [0, 0.05) is 5.56 Å². The summed E-state index contributed by atoms with van der Waals surface area (Å²) in [5.74, 6) is -0.322. The smallest absolute Gasteiger partial charge is 0.336 e. The minimum absolute atomic E-state index is 0.118. The summed E-state index contributed by atoms with van der Waals surface area (Å²) in [5.41, 5.74) is 3.27. The minimum Gasteiger partial charge on any atom is -0.493 e. The Bertz CT molecular complexity index is 1080. The van der Waals surface area contributed by atoms with E-state index < -0.39 is 15.8 Å². The monoisotopic (exact) mass is 442 g/mol. The third kappa shape index (κ3) is 5.56. The van der Waals surface area contributed by atoms with E-state index in [4.69, 9.17) is 4.74 Å². The van der Waals surface area contributed by atoms with Crippen molar-refractivity contribution in [1.29, 1.82) is 0 Å². The van der Waals surface area contributed by atoms with Crippen molar-refractivity contribution in [2.75, 3.05) is 12.4 Å². The molecule has 0 bridgehead atoms. The molecule has 166 valence electrons. The Balaban J connectivity index is 1.94. The van der Waals surface area contributed by atoms with Gasteiger partial charge in [0.05, 0.1) is 22.8 Å². The molecule has 5 nitrogen and oxygen atoms in total. The Morgan fingerprint density at radius 3 is 2.58 bits per heavy atom. The molecule has 1 aliphatic rings. The van der Waals surface area contributed by atoms with Crippen LogP contribution in [0.15, 0.2) is 41.3 Å². The van der Waals surface area contributed by atoms with E-state index in [1.807, 2.05) is 19.1 Å². The van der Waals surface area contributed by atoms with Crippen LogP contribution in [0.2, 0.25) is 0 Å². The molecule has 3 rings (SSSR count). The Hall–Kier alpha value is -2.60. The molecule has 6 heteroatoms. The SMILES string of the molecule is CCCCCCCOc1cc2c(cc1/C(C)=C/c1ccccc1C(=O)O)CCS2(=O)=O. The summed E-state index contributed by atoms with van der Waals surface area (Å²) in [5, 5.41) is 9.47. The number of hydrogen-bond acceptors (Lipinski definition) is 4. The highest BCUT2D eigenvalue weighted by molar-refractivity contribution is 7.91. The molecule has 2 aromatic rings. The molecule has 0 saturated heterocycles. The Labute approximate surface area is 184 Å². The molecule has 0 aromatic heterocycles. The number of rotatable bonds is 10. The van der Waals surface area contributed by atoms with Crippen molar-refractivity contribution in [2.24, 2.45) is 0 Å². The normalized spacial score (nSPS) is 15.0. The zero-order chi connectivity index (χ0) is 22.4. The van der Waals surface area contributed by atoms with E-state index in [9.17, 15) is 18.3 Å². The van der Waals surface area contributed by atoms with Crippen LogP contribution in [0.1, 0.15) is 73.0 Å². The fourth-order valence-electron chi connectivity index (χ4n) is 3.89. The van der Waals surface area contributed by atoms with E-state index in [0.717, 1.165) is 36.0 Å². The third-order valence-corrected chi connectivity index (χ3v) is 7.42. The molecule has 31 heavy (non-hydrogen) atoms. The van der Waals surface area contributed by atoms with Gasteiger partial charge in [-0.25, -0.2) is 13.2 Å². The first-order valence-corrected chi connectivity index (χ1v) is 12.5. The fraction of sp³-hybridized carbons (Fsp3) is 0.400. The molecule has 2 aromatic carbocycles. The molecule has 0 spiro atoms. The van der Waals surface area contributed by atoms with E-state index in [1.165, 1.54) is 12.8 Å². The summed E-state index contributed by atoms with van der Waals surface area (Å²) < 4.78 is 30.9. The molecule has 0 unspecified atom stereocenters. The molecule has 0 aliphatic carbocycles. The lowest BCUT2D eigenvalue weighted by molar-refractivity contribution is 0.0696. The van der Waals surface area contributed by atoms with Crippen molar-refractivity contribution in [3.05, 3.63) is 58.7 Å². The maximum absolute atomic E-state index is 12.4. The van der Waals surface area contributed by atoms with E-state index >= 15 is 0 Å². The van der Waals surface area contributed by atoms with Gasteiger partial charge in [-0.1, -0.05) is 56.9 Å². The number of allylic oxidation sites excluding steroid dienone is 1. The van der Waals surface area contributed by atoms with Crippen molar-refractivity contribution < 1.29 is 23.1 Å². The summed E-state index contributed by atoms with van der Waals surface area (Å²) >= 11 is 0. The topological polar surface area (TPSA) is 80.7 Å². The van der Waals surface area contributed by atoms with Crippen LogP contribution < -0.4 is 4.74 Å². The quantitative estimate of drug-likeness (QED) is 0.381. The Kier molecular flexibility index (Phi) is 7.55. The zero-order valence-electron chi connectivity index (χ0n) is 18.2. The molecule has 0 atom stereocenters. The standard InChI is InChI=1S/C25H30O5S/c1-3-4-5-6-9-13-30-23-17-24-20(12-14-31(24,28)29)16-22(23)18(2)15-19-10-7-8-11-21(19)25(26)27/h7-8,10-11,15-17H,3-6,9,12-14H2,1-2H3,(H,26,27)/b18-15+. The minimum atomic E-state index is -3.27. The number of fused-ring (bicyclic) bond motifs is 1. The average molecular weight is 443 g/mol. The first-order chi connectivity index (χ1) is 14.8. The van der Waals surface area contributed by atoms with E-state index in [2.05, 4.69) is 6.92 Å². The van der Waals surface area contributed by atoms with E-state index in [0.29, 0.717) is 29.2 Å². The summed E-state index contributed by atoms with van der Waals surface area (Å²) in [4.78, 5) is 11.9. The summed E-state index contributed by atoms with van der Waals surface area (Å²) in [6.07, 6.45) is 7.84. The summed E-state index contributed by atoms with van der Waals surface area (Å²) in [6, 6.07) is 10.4. The van der Waals surface area contributed by atoms with E-state index in [-0.39, 0.29) is 11.3 Å². The van der Waals surface area contributed by atoms with Crippen LogP contribution in [0.5, 0.6) is 5.75 Å². The van der Waals surface area contributed by atoms with Gasteiger partial charge in [0.25, 0.3) is 0 Å². The number of carboxylic acids is 1. The van der Waals surface area contributed by atoms with Gasteiger partial charge in [-0.15, -0.1) is 0 Å². The number of aromatic carboxylic acids is 1. The van der Waals surface area contributed by atoms with Gasteiger partial charge in [-0.2, -0.15) is 0 Å². The van der Waals surface area contributed by atoms with Gasteiger partial charge < -0.3 is 9.84 Å². The zero-order valence-corrected chi connectivity index (χ0v) is 19.0. The first kappa shape index (κ1) is 23.1. The second-order valence-electron chi connectivity index (χ2n) is 8.01. The second-order valence-corrected chi connectivity index (χ2v) is 10.1. The van der Waals surface area contributed by atoms with Crippen LogP contribution in [-0.2, 0) is 16.3 Å². The van der Waals surface area contributed by atoms with Gasteiger partial charge in [0.2, 0.25) is 0 Å². The molecular formula is C25H30O5S. The lowest BCUT2D eigenvalue weighted by atomic mass is 9.98. The number of carbonyl (C=O) groups is 1. The van der Waals surface area contributed by atoms with Gasteiger partial charge in [-0.05, 0) is 54.7 Å². The van der Waals surface area contributed by atoms with Gasteiger partial charge in [-0.3, -0.25) is 0 Å². The van der Waals surface area contributed by atoms with Crippen LogP contribution in [-0.4, -0.2) is 31.9 Å². The Morgan fingerprint density at radius 2 is 1.84 bits per heavy atom. The predicted octanol–water partition coefficient (Wildman–Crippen LogP) is 5.62. The number of benzene rings is 2. The largest absolute Gasteiger partial charge is 0.493 e. The summed E-state index contributed by atoms with van der Waals surface area (Å²) in [7, 11) is -3.27. The number of aryl methyl sites for hydroxylation is 1. The van der Waals surface area contributed by atoms with Crippen LogP contribution >= 0.6 is 0 Å². The second kappa shape index (κ2) is 10.1. The number of carboxylic acid groups (broad SMARTS) is 1. The summed E-state index contributed by atoms with van der Waals surface area (Å²) in [6.45, 7) is 4.60. The number of hydrogen-bond donors (Lipinski definition) is 1. The highest BCUT2D eigenvalue weighted by atomic mass is 32.2. The lowest BCUT2D eigenvalue weighted by Crippen LogP contribution is -2.03. The predicted molar refractivity (Wildman–Crippen MR) is 123 cm³/mol. The van der Waals surface area contributed by atoms with Gasteiger partial charge in [0.1, 0.15) is 5.75 Å². The van der Waals surface area contributed by atoms with Crippen LogP contribution in [0.3, 0.4) is 0 Å². The molecular weight excluding hydrogens is 412 g/mol. The van der Waals surface area contributed by atoms with Gasteiger partial charge in [0.15, 0.2) is 9.84 Å². The van der Waals surface area contributed by atoms with Crippen LogP contribution in [0.4, 0.5) is 0 Å². The molecule has 0 amide bonds. The third-order valence-electron chi connectivity index (χ3n) is 5.63. The van der Waals surface area contributed by atoms with Crippen molar-refractivity contribution in [3.8, 4) is 5.75 Å². The van der Waals surface area contributed by atoms with E-state index in [1.54, 1.807) is 30.3 Å². The molecule has 0 radical (unpaired) electrons. The number of unbranched alkanes of at least 4 members (excludes halogenated alkanes) is 4. The Morgan fingerprint density at radius 1 is 1.10 bits per heavy atom. The highest BCUT2D eigenvalue weighted by Crippen LogP contribution is 2.36. The van der Waals surface area contributed by atoms with Crippen molar-refractivity contribution in [1.82, 2.24) is 0 Å². The van der Waals surface area contributed by atoms with Gasteiger partial charge >= 0.3 is 5.97 Å². The maximum atomic E-state index is 12.4. The van der Waals surface area contributed by atoms with Crippen molar-refractivity contribution in [2.45, 2.75) is 57.3 Å². The van der Waals surface area contributed by atoms with Crippen LogP contribution in [0.25, 0.3) is 11.6 Å². The molecule has 0 saturated carbocycles. The number of sulfone groups is 1. The van der Waals surface area contributed by atoms with Crippen molar-refractivity contribution >= 4 is 27.5 Å². The number of ether oxygens (including phenoxy) is 1. The average Bonchev–Trinajstić information content (AvgIpc) is 3.04. The molecule has 1 heterocycles. The molecule has 1 N–H and O–H groups in total. The molecule has 1 aliphatic heterocycles. The lowest BCUT2D eigenvalue weighted by Gasteiger charge is -2.15. The first-order valence-electron chi connectivity index (χ1n) is 10.9.